The lowest BCUT2D eigenvalue weighted by Gasteiger charge is -2.27. The van der Waals surface area contributed by atoms with Crippen molar-refractivity contribution in [3.05, 3.63) is 86.2 Å². The maximum Gasteiger partial charge on any atom is 0.277 e. The number of hydrogen-bond donors (Lipinski definition) is 4. The van der Waals surface area contributed by atoms with Crippen molar-refractivity contribution in [3.63, 3.8) is 0 Å². The van der Waals surface area contributed by atoms with Gasteiger partial charge in [-0.3, -0.25) is 39.0 Å². The van der Waals surface area contributed by atoms with Crippen molar-refractivity contribution in [2.75, 3.05) is 23.8 Å². The number of fused-ring (bicyclic) bond motifs is 1. The minimum Gasteiger partial charge on any atom is -0.385 e. The number of anilines is 3. The predicted molar refractivity (Wildman–Crippen MR) is 181 cm³/mol. The summed E-state index contributed by atoms with van der Waals surface area (Å²) in [4.78, 5) is 68.4. The molecule has 5 rings (SSSR count). The van der Waals surface area contributed by atoms with Gasteiger partial charge in [0.1, 0.15) is 11.9 Å². The Morgan fingerprint density at radius 3 is 2.37 bits per heavy atom. The highest BCUT2D eigenvalue weighted by Gasteiger charge is 2.44. The van der Waals surface area contributed by atoms with Crippen LogP contribution in [0.2, 0.25) is 0 Å². The Hall–Kier alpha value is -4.51. The zero-order valence-corrected chi connectivity index (χ0v) is 28.3. The van der Waals surface area contributed by atoms with E-state index < -0.39 is 58.7 Å². The van der Waals surface area contributed by atoms with Gasteiger partial charge >= 0.3 is 0 Å². The molecule has 49 heavy (non-hydrogen) atoms. The van der Waals surface area contributed by atoms with E-state index in [4.69, 9.17) is 4.84 Å². The zero-order chi connectivity index (χ0) is 35.1. The fourth-order valence-electron chi connectivity index (χ4n) is 5.58. The molecule has 5 amide bonds. The third-order valence-corrected chi connectivity index (χ3v) is 8.81. The van der Waals surface area contributed by atoms with Gasteiger partial charge in [-0.05, 0) is 90.4 Å². The minimum absolute atomic E-state index is 0.0595. The average molecular weight is 792 g/mol. The molecule has 2 heterocycles. The largest absolute Gasteiger partial charge is 0.385 e. The van der Waals surface area contributed by atoms with Gasteiger partial charge in [0.05, 0.1) is 34.7 Å². The monoisotopic (exact) mass is 791 g/mol. The van der Waals surface area contributed by atoms with Crippen molar-refractivity contribution in [2.24, 2.45) is 0 Å². The van der Waals surface area contributed by atoms with Gasteiger partial charge < -0.3 is 10.6 Å². The number of rotatable bonds is 15. The molecular weight excluding hydrogens is 758 g/mol. The number of nitrogens with zero attached hydrogens (tertiary/aromatic N) is 1. The normalized spacial score (nSPS) is 15.7. The van der Waals surface area contributed by atoms with E-state index in [1.54, 1.807) is 24.3 Å². The highest BCUT2D eigenvalue weighted by Crippen LogP contribution is 2.30. The summed E-state index contributed by atoms with van der Waals surface area (Å²) in [7, 11) is 0. The van der Waals surface area contributed by atoms with Crippen molar-refractivity contribution >= 4 is 69.2 Å². The average Bonchev–Trinajstić information content (AvgIpc) is 3.31. The highest BCUT2D eigenvalue weighted by molar-refractivity contribution is 14.1. The second kappa shape index (κ2) is 16.3. The van der Waals surface area contributed by atoms with Gasteiger partial charge in [0.2, 0.25) is 11.8 Å². The van der Waals surface area contributed by atoms with E-state index in [-0.39, 0.29) is 41.8 Å². The molecule has 1 unspecified atom stereocenters. The molecule has 0 aromatic heterocycles. The van der Waals surface area contributed by atoms with Gasteiger partial charge in [-0.1, -0.05) is 25.7 Å². The van der Waals surface area contributed by atoms with Crippen LogP contribution in [0, 0.1) is 21.0 Å². The number of hydroxylamine groups is 1. The van der Waals surface area contributed by atoms with Crippen molar-refractivity contribution in [3.8, 4) is 0 Å². The number of halogens is 4. The molecule has 3 aromatic rings. The van der Waals surface area contributed by atoms with Crippen molar-refractivity contribution < 1.29 is 42.0 Å². The molecule has 1 saturated heterocycles. The number of unbranched alkanes of at least 4 members (excludes halogenated alkanes) is 5. The topological polar surface area (TPSA) is 146 Å². The lowest BCUT2D eigenvalue weighted by atomic mass is 10.0. The van der Waals surface area contributed by atoms with Crippen molar-refractivity contribution in [1.82, 2.24) is 15.7 Å². The molecule has 0 aliphatic carbocycles. The van der Waals surface area contributed by atoms with Crippen molar-refractivity contribution in [1.29, 1.82) is 0 Å². The van der Waals surface area contributed by atoms with Crippen molar-refractivity contribution in [2.45, 2.75) is 57.4 Å². The molecule has 2 aliphatic rings. The Morgan fingerprint density at radius 2 is 1.61 bits per heavy atom. The maximum absolute atomic E-state index is 14.6. The molecule has 0 radical (unpaired) electrons. The summed E-state index contributed by atoms with van der Waals surface area (Å²) < 4.78 is 43.4. The lowest BCUT2D eigenvalue weighted by molar-refractivity contribution is -0.136. The van der Waals surface area contributed by atoms with E-state index >= 15 is 0 Å². The zero-order valence-electron chi connectivity index (χ0n) is 26.2. The molecular formula is C34H33F3IN5O6. The van der Waals surface area contributed by atoms with Crippen LogP contribution in [0.3, 0.4) is 0 Å². The van der Waals surface area contributed by atoms with Crippen LogP contribution in [0.5, 0.6) is 0 Å². The molecule has 258 valence electrons. The molecule has 0 bridgehead atoms. The molecule has 0 spiro atoms. The minimum atomic E-state index is -1.32. The van der Waals surface area contributed by atoms with Crippen LogP contribution in [-0.4, -0.2) is 53.6 Å². The van der Waals surface area contributed by atoms with E-state index in [1.165, 1.54) is 12.1 Å². The van der Waals surface area contributed by atoms with E-state index in [9.17, 15) is 37.1 Å². The van der Waals surface area contributed by atoms with Crippen LogP contribution < -0.4 is 21.4 Å². The number of hydrogen-bond acceptors (Lipinski definition) is 8. The fourth-order valence-corrected chi connectivity index (χ4v) is 6.03. The second-order valence-electron chi connectivity index (χ2n) is 11.6. The molecule has 11 nitrogen and oxygen atoms in total. The van der Waals surface area contributed by atoms with Crippen LogP contribution in [0.1, 0.15) is 82.4 Å². The molecule has 0 saturated carbocycles. The molecule has 2 aliphatic heterocycles. The van der Waals surface area contributed by atoms with E-state index in [0.29, 0.717) is 22.2 Å². The van der Waals surface area contributed by atoms with E-state index in [0.717, 1.165) is 49.1 Å². The predicted octanol–water partition coefficient (Wildman–Crippen LogP) is 5.97. The Morgan fingerprint density at radius 1 is 0.878 bits per heavy atom. The van der Waals surface area contributed by atoms with E-state index in [2.05, 4.69) is 21.4 Å². The van der Waals surface area contributed by atoms with Gasteiger partial charge in [0, 0.05) is 22.2 Å². The second-order valence-corrected chi connectivity index (χ2v) is 12.8. The summed E-state index contributed by atoms with van der Waals surface area (Å²) in [6.07, 6.45) is 5.30. The third kappa shape index (κ3) is 8.57. The summed E-state index contributed by atoms with van der Waals surface area (Å²) in [5.74, 6) is -6.19. The standard InChI is InChI=1S/C34H33F3IN5O6/c35-24-11-10-22(30(29(24)37)40-26-12-7-19(38)17-25(26)36)31(45)42-49-16-6-4-2-1-3-5-15-39-20-8-9-21-23(18-20)34(48)43(33(21)47)27-13-14-28(44)41-32(27)46/h7-12,17-18,27,39-40H,1-6,13-16H2,(H,42,45)(H,41,44,46). The third-order valence-electron chi connectivity index (χ3n) is 8.14. The number of carbonyl (C=O) groups excluding carboxylic acids is 5. The molecule has 1 fully saturated rings. The quantitative estimate of drug-likeness (QED) is 0.0639. The first-order chi connectivity index (χ1) is 23.5. The van der Waals surface area contributed by atoms with Crippen LogP contribution in [0.4, 0.5) is 30.2 Å². The summed E-state index contributed by atoms with van der Waals surface area (Å²) in [6.45, 7) is 0.843. The van der Waals surface area contributed by atoms with Gasteiger partial charge in [-0.2, -0.15) is 0 Å². The van der Waals surface area contributed by atoms with E-state index in [1.807, 2.05) is 22.6 Å². The Balaban J connectivity index is 0.974. The smallest absolute Gasteiger partial charge is 0.277 e. The highest BCUT2D eigenvalue weighted by atomic mass is 127. The van der Waals surface area contributed by atoms with Crippen LogP contribution in [0.25, 0.3) is 0 Å². The van der Waals surface area contributed by atoms with Gasteiger partial charge in [-0.25, -0.2) is 18.7 Å². The van der Waals surface area contributed by atoms with Gasteiger partial charge in [-0.15, -0.1) is 0 Å². The van der Waals surface area contributed by atoms with Crippen LogP contribution in [0.15, 0.2) is 48.5 Å². The number of amides is 5. The van der Waals surface area contributed by atoms with Gasteiger partial charge in [0.15, 0.2) is 11.6 Å². The number of benzene rings is 3. The Labute approximate surface area is 293 Å². The molecule has 4 N–H and O–H groups in total. The van der Waals surface area contributed by atoms with Gasteiger partial charge in [0.25, 0.3) is 17.7 Å². The first-order valence-corrected chi connectivity index (χ1v) is 16.8. The lowest BCUT2D eigenvalue weighted by Crippen LogP contribution is -2.54. The molecule has 15 heteroatoms. The summed E-state index contributed by atoms with van der Waals surface area (Å²) in [6, 6.07) is 9.92. The number of imide groups is 2. The SMILES string of the molecule is O=C1CCC(N2C(=O)c3ccc(NCCCCCCCCONC(=O)c4ccc(F)c(F)c4Nc4ccc(I)cc4F)cc3C2=O)C(=O)N1. The number of piperidine rings is 1. The van der Waals surface area contributed by atoms with Crippen LogP contribution in [-0.2, 0) is 14.4 Å². The molecule has 1 atom stereocenters. The first-order valence-electron chi connectivity index (χ1n) is 15.8. The van der Waals surface area contributed by atoms with Crippen LogP contribution >= 0.6 is 22.6 Å². The fraction of sp³-hybridized carbons (Fsp3) is 0.324. The number of nitrogens with one attached hydrogen (secondary N) is 4. The summed E-state index contributed by atoms with van der Waals surface area (Å²) in [5.41, 5.74) is 2.48. The Bertz CT molecular complexity index is 1790. The maximum atomic E-state index is 14.6. The summed E-state index contributed by atoms with van der Waals surface area (Å²) in [5, 5.41) is 7.91. The first kappa shape index (κ1) is 35.8. The summed E-state index contributed by atoms with van der Waals surface area (Å²) >= 11 is 1.91. The number of carbonyl (C=O) groups is 5. The molecule has 3 aromatic carbocycles. The Kier molecular flexibility index (Phi) is 11.9.